The van der Waals surface area contributed by atoms with Crippen LogP contribution in [0.3, 0.4) is 0 Å². The van der Waals surface area contributed by atoms with Crippen LogP contribution in [0, 0.1) is 0 Å². The smallest absolute Gasteiger partial charge is 0.176 e. The molecule has 0 bridgehead atoms. The molecule has 0 spiro atoms. The van der Waals surface area contributed by atoms with Crippen LogP contribution in [0.15, 0.2) is 57.8 Å². The molecule has 4 rings (SSSR count). The Balaban J connectivity index is 1.53. The number of fused-ring (bicyclic) bond motifs is 1. The fourth-order valence-corrected chi connectivity index (χ4v) is 5.06. The average Bonchev–Trinajstić information content (AvgIpc) is 3.31. The molecule has 0 amide bonds. The highest BCUT2D eigenvalue weighted by Gasteiger charge is 2.23. The molecule has 1 aromatic heterocycles. The molecule has 1 saturated heterocycles. The lowest BCUT2D eigenvalue weighted by Gasteiger charge is -2.32. The van der Waals surface area contributed by atoms with Gasteiger partial charge in [0.15, 0.2) is 16.4 Å². The minimum Gasteiger partial charge on any atom is -0.493 e. The van der Waals surface area contributed by atoms with Gasteiger partial charge >= 0.3 is 0 Å². The van der Waals surface area contributed by atoms with Gasteiger partial charge in [0.1, 0.15) is 5.76 Å². The van der Waals surface area contributed by atoms with Crippen molar-refractivity contribution in [3.8, 4) is 5.75 Å². The zero-order valence-corrected chi connectivity index (χ0v) is 21.7. The van der Waals surface area contributed by atoms with Crippen LogP contribution < -0.4 is 10.1 Å². The normalized spacial score (nSPS) is 15.3. The van der Waals surface area contributed by atoms with Gasteiger partial charge in [-0.25, -0.2) is 0 Å². The van der Waals surface area contributed by atoms with Crippen LogP contribution in [0.2, 0.25) is 0 Å². The number of para-hydroxylation sites is 1. The summed E-state index contributed by atoms with van der Waals surface area (Å²) in [5.41, 5.74) is 1.76. The molecule has 0 radical (unpaired) electrons. The lowest BCUT2D eigenvalue weighted by atomic mass is 10.2. The van der Waals surface area contributed by atoms with Gasteiger partial charge < -0.3 is 24.1 Å². The molecule has 1 aliphatic rings. The number of furan rings is 1. The summed E-state index contributed by atoms with van der Waals surface area (Å²) < 4.78 is 17.3. The molecule has 2 heterocycles. The monoisotopic (exact) mass is 499 g/mol. The van der Waals surface area contributed by atoms with E-state index in [1.807, 2.05) is 18.2 Å². The molecule has 1 fully saturated rings. The predicted octanol–water partition coefficient (Wildman–Crippen LogP) is 5.65. The highest BCUT2D eigenvalue weighted by molar-refractivity contribution is 7.98. The Morgan fingerprint density at radius 3 is 2.76 bits per heavy atom. The predicted molar refractivity (Wildman–Crippen MR) is 144 cm³/mol. The lowest BCUT2D eigenvalue weighted by Crippen LogP contribution is -2.41. The molecule has 34 heavy (non-hydrogen) atoms. The summed E-state index contributed by atoms with van der Waals surface area (Å²) in [6, 6.07) is 16.3. The van der Waals surface area contributed by atoms with E-state index in [4.69, 9.17) is 26.1 Å². The van der Waals surface area contributed by atoms with E-state index in [-0.39, 0.29) is 6.04 Å². The number of hydrogen-bond acceptors (Lipinski definition) is 6. The third-order valence-corrected chi connectivity index (χ3v) is 7.25. The van der Waals surface area contributed by atoms with Gasteiger partial charge in [-0.2, -0.15) is 0 Å². The first-order valence-electron chi connectivity index (χ1n) is 11.7. The third kappa shape index (κ3) is 6.05. The van der Waals surface area contributed by atoms with Crippen LogP contribution in [-0.2, 0) is 4.74 Å². The van der Waals surface area contributed by atoms with Gasteiger partial charge in [0.2, 0.25) is 0 Å². The number of rotatable bonds is 9. The number of hydrogen-bond donors (Lipinski definition) is 1. The summed E-state index contributed by atoms with van der Waals surface area (Å²) in [5, 5.41) is 5.18. The molecule has 1 aliphatic heterocycles. The van der Waals surface area contributed by atoms with E-state index in [0.717, 1.165) is 74.0 Å². The Bertz CT molecular complexity index is 1100. The van der Waals surface area contributed by atoms with Crippen molar-refractivity contribution in [2.45, 2.75) is 24.3 Å². The molecule has 0 aliphatic carbocycles. The van der Waals surface area contributed by atoms with Gasteiger partial charge in [0.25, 0.3) is 0 Å². The number of thioether (sulfide) groups is 1. The quantitative estimate of drug-likeness (QED) is 0.300. The first-order valence-corrected chi connectivity index (χ1v) is 13.3. The van der Waals surface area contributed by atoms with Crippen molar-refractivity contribution in [2.24, 2.45) is 0 Å². The van der Waals surface area contributed by atoms with E-state index in [1.165, 1.54) is 4.90 Å². The zero-order valence-electron chi connectivity index (χ0n) is 20.1. The number of anilines is 1. The van der Waals surface area contributed by atoms with Gasteiger partial charge in [0, 0.05) is 42.1 Å². The van der Waals surface area contributed by atoms with E-state index in [1.54, 1.807) is 18.9 Å². The van der Waals surface area contributed by atoms with Gasteiger partial charge in [-0.05, 0) is 62.2 Å². The number of methoxy groups -OCH3 is 1. The molecule has 3 aromatic rings. The van der Waals surface area contributed by atoms with Crippen LogP contribution in [-0.4, -0.2) is 67.7 Å². The lowest BCUT2D eigenvalue weighted by molar-refractivity contribution is 0.0365. The Kier molecular flexibility index (Phi) is 8.72. The van der Waals surface area contributed by atoms with Crippen molar-refractivity contribution in [3.05, 3.63) is 54.3 Å². The summed E-state index contributed by atoms with van der Waals surface area (Å²) in [6.45, 7) is 7.59. The van der Waals surface area contributed by atoms with Gasteiger partial charge in [-0.3, -0.25) is 4.90 Å². The van der Waals surface area contributed by atoms with Crippen molar-refractivity contribution in [2.75, 3.05) is 58.1 Å². The van der Waals surface area contributed by atoms with Crippen molar-refractivity contribution in [1.82, 2.24) is 9.80 Å². The summed E-state index contributed by atoms with van der Waals surface area (Å²) in [5.74, 6) is 1.61. The summed E-state index contributed by atoms with van der Waals surface area (Å²) in [7, 11) is 1.67. The first-order chi connectivity index (χ1) is 16.6. The minimum absolute atomic E-state index is 0.0365. The third-order valence-electron chi connectivity index (χ3n) is 6.19. The van der Waals surface area contributed by atoms with Crippen molar-refractivity contribution in [3.63, 3.8) is 0 Å². The highest BCUT2D eigenvalue weighted by Crippen LogP contribution is 2.33. The number of nitrogens with zero attached hydrogens (tertiary/aromatic N) is 2. The number of ether oxygens (including phenoxy) is 2. The number of nitrogens with one attached hydrogen (secondary N) is 1. The molecule has 182 valence electrons. The molecule has 1 atom stereocenters. The fraction of sp³-hybridized carbons (Fsp3) is 0.423. The van der Waals surface area contributed by atoms with Crippen LogP contribution in [0.1, 0.15) is 25.1 Å². The van der Waals surface area contributed by atoms with Crippen molar-refractivity contribution >= 4 is 45.7 Å². The summed E-state index contributed by atoms with van der Waals surface area (Å²) >= 11 is 7.64. The maximum absolute atomic E-state index is 6.28. The van der Waals surface area contributed by atoms with Crippen LogP contribution in [0.25, 0.3) is 11.0 Å². The molecule has 8 heteroatoms. The second kappa shape index (κ2) is 11.9. The maximum atomic E-state index is 6.28. The number of morpholine rings is 1. The number of thiocarbonyl (C=S) groups is 1. The Hall–Kier alpha value is -2.26. The topological polar surface area (TPSA) is 50.1 Å². The molecule has 6 nitrogen and oxygen atoms in total. The van der Waals surface area contributed by atoms with Gasteiger partial charge in [-0.1, -0.05) is 18.2 Å². The molecular weight excluding hydrogens is 466 g/mol. The Morgan fingerprint density at radius 1 is 1.21 bits per heavy atom. The second-order valence-corrected chi connectivity index (χ2v) is 9.63. The molecule has 1 N–H and O–H groups in total. The van der Waals surface area contributed by atoms with Gasteiger partial charge in [0.05, 0.1) is 26.4 Å². The Labute approximate surface area is 211 Å². The zero-order chi connectivity index (χ0) is 23.9. The van der Waals surface area contributed by atoms with Crippen LogP contribution >= 0.6 is 24.0 Å². The van der Waals surface area contributed by atoms with E-state index < -0.39 is 0 Å². The molecule has 0 saturated carbocycles. The largest absolute Gasteiger partial charge is 0.493 e. The van der Waals surface area contributed by atoms with Crippen LogP contribution in [0.5, 0.6) is 5.75 Å². The maximum Gasteiger partial charge on any atom is 0.176 e. The SMILES string of the molecule is COc1cccc2cc([C@H](C)N(CCCN3CCOCC3)C(=S)Nc3cccc(SC)c3)oc12. The standard InChI is InChI=1S/C26H33N3O3S2/c1-19(24-17-20-7-4-10-23(30-2)25(20)32-24)29(12-6-11-28-13-15-31-16-14-28)26(33)27-21-8-5-9-22(18-21)34-3/h4-5,7-10,17-19H,6,11-16H2,1-3H3,(H,27,33)/t19-/m0/s1. The summed E-state index contributed by atoms with van der Waals surface area (Å²) in [4.78, 5) is 5.88. The van der Waals surface area contributed by atoms with Gasteiger partial charge in [-0.15, -0.1) is 11.8 Å². The first kappa shape index (κ1) is 24.9. The minimum atomic E-state index is -0.0365. The van der Waals surface area contributed by atoms with Crippen molar-refractivity contribution in [1.29, 1.82) is 0 Å². The molecule has 0 unspecified atom stereocenters. The van der Waals surface area contributed by atoms with E-state index in [9.17, 15) is 0 Å². The van der Waals surface area contributed by atoms with Crippen LogP contribution in [0.4, 0.5) is 5.69 Å². The molecule has 2 aromatic carbocycles. The van der Waals surface area contributed by atoms with E-state index >= 15 is 0 Å². The highest BCUT2D eigenvalue weighted by atomic mass is 32.2. The van der Waals surface area contributed by atoms with E-state index in [2.05, 4.69) is 58.6 Å². The second-order valence-electron chi connectivity index (χ2n) is 8.37. The molecular formula is C26H33N3O3S2. The summed E-state index contributed by atoms with van der Waals surface area (Å²) in [6.07, 6.45) is 3.08. The van der Waals surface area contributed by atoms with Crippen molar-refractivity contribution < 1.29 is 13.9 Å². The Morgan fingerprint density at radius 2 is 2.00 bits per heavy atom. The average molecular weight is 500 g/mol. The fourth-order valence-electron chi connectivity index (χ4n) is 4.23. The number of benzene rings is 2. The van der Waals surface area contributed by atoms with E-state index in [0.29, 0.717) is 5.11 Å².